The lowest BCUT2D eigenvalue weighted by atomic mass is 10.3. The summed E-state index contributed by atoms with van der Waals surface area (Å²) in [6.07, 6.45) is 0. The van der Waals surface area contributed by atoms with Crippen molar-refractivity contribution in [2.45, 2.75) is 13.8 Å². The summed E-state index contributed by atoms with van der Waals surface area (Å²) in [7, 11) is 0. The molecule has 4 heteroatoms. The molecule has 0 radical (unpaired) electrons. The lowest BCUT2D eigenvalue weighted by Gasteiger charge is -1.96. The number of thiazole rings is 1. The summed E-state index contributed by atoms with van der Waals surface area (Å²) in [4.78, 5) is 18.5. The zero-order chi connectivity index (χ0) is 8.72. The number of hydrogen-bond donors (Lipinski definition) is 0. The molecule has 1 aromatic heterocycles. The number of aromatic nitrogens is 1. The van der Waals surface area contributed by atoms with Gasteiger partial charge in [-0.2, -0.15) is 0 Å². The number of aryl methyl sites for hydroxylation is 2. The van der Waals surface area contributed by atoms with Crippen molar-refractivity contribution < 1.29 is 4.79 Å². The van der Waals surface area contributed by atoms with Gasteiger partial charge in [0.05, 0.1) is 5.01 Å². The van der Waals surface area contributed by atoms with E-state index in [1.165, 1.54) is 0 Å². The number of nitrogens with zero attached hydrogens (tertiary/aromatic N) is 2. The van der Waals surface area contributed by atoms with E-state index < -0.39 is 0 Å². The molecule has 1 aliphatic rings. The molecular formula is C8H10N2OS. The van der Waals surface area contributed by atoms with Gasteiger partial charge in [0.25, 0.3) is 5.91 Å². The Morgan fingerprint density at radius 1 is 1.50 bits per heavy atom. The van der Waals surface area contributed by atoms with Gasteiger partial charge >= 0.3 is 0 Å². The molecule has 12 heavy (non-hydrogen) atoms. The molecule has 64 valence electrons. The number of amides is 1. The molecule has 0 saturated carbocycles. The van der Waals surface area contributed by atoms with E-state index in [9.17, 15) is 4.79 Å². The average molecular weight is 182 g/mol. The molecule has 0 aromatic carbocycles. The summed E-state index contributed by atoms with van der Waals surface area (Å²) >= 11 is 1.58. The molecule has 2 rings (SSSR count). The molecule has 0 atom stereocenters. The van der Waals surface area contributed by atoms with E-state index in [-0.39, 0.29) is 5.91 Å². The predicted octanol–water partition coefficient (Wildman–Crippen LogP) is 1.22. The van der Waals surface area contributed by atoms with Crippen LogP contribution in [0.4, 0.5) is 0 Å². The Morgan fingerprint density at radius 2 is 2.17 bits per heavy atom. The highest BCUT2D eigenvalue weighted by atomic mass is 32.1. The summed E-state index contributed by atoms with van der Waals surface area (Å²) in [5.74, 6) is 0.0943. The SMILES string of the molecule is Cc1nc(C(=O)N2CC2)c(C)s1. The van der Waals surface area contributed by atoms with Crippen LogP contribution in [0.3, 0.4) is 0 Å². The first-order valence-electron chi connectivity index (χ1n) is 3.92. The molecule has 1 amide bonds. The van der Waals surface area contributed by atoms with Crippen molar-refractivity contribution in [2.75, 3.05) is 13.1 Å². The zero-order valence-corrected chi connectivity index (χ0v) is 7.94. The van der Waals surface area contributed by atoms with Gasteiger partial charge < -0.3 is 4.90 Å². The molecule has 0 bridgehead atoms. The molecule has 1 fully saturated rings. The van der Waals surface area contributed by atoms with Crippen LogP contribution >= 0.6 is 11.3 Å². The standard InChI is InChI=1S/C8H10N2OS/c1-5-7(9-6(2)12-5)8(11)10-3-4-10/h3-4H2,1-2H3. The van der Waals surface area contributed by atoms with Crippen LogP contribution in [0.1, 0.15) is 20.4 Å². The number of carbonyl (C=O) groups excluding carboxylic acids is 1. The van der Waals surface area contributed by atoms with Gasteiger partial charge in [-0.25, -0.2) is 4.98 Å². The lowest BCUT2D eigenvalue weighted by molar-refractivity contribution is 0.0880. The number of rotatable bonds is 1. The Bertz CT molecular complexity index is 328. The van der Waals surface area contributed by atoms with Crippen molar-refractivity contribution in [3.63, 3.8) is 0 Å². The average Bonchev–Trinajstić information content (AvgIpc) is 2.77. The van der Waals surface area contributed by atoms with Crippen LogP contribution in [0.25, 0.3) is 0 Å². The summed E-state index contributed by atoms with van der Waals surface area (Å²) in [6, 6.07) is 0. The van der Waals surface area contributed by atoms with Gasteiger partial charge in [-0.05, 0) is 13.8 Å². The molecule has 3 nitrogen and oxygen atoms in total. The summed E-state index contributed by atoms with van der Waals surface area (Å²) in [5, 5.41) is 0.970. The first-order chi connectivity index (χ1) is 5.68. The highest BCUT2D eigenvalue weighted by Crippen LogP contribution is 2.20. The fourth-order valence-corrected chi connectivity index (χ4v) is 1.94. The Kier molecular flexibility index (Phi) is 1.65. The minimum atomic E-state index is 0.0943. The second kappa shape index (κ2) is 2.55. The highest BCUT2D eigenvalue weighted by Gasteiger charge is 2.28. The Morgan fingerprint density at radius 3 is 2.58 bits per heavy atom. The van der Waals surface area contributed by atoms with E-state index in [2.05, 4.69) is 4.98 Å². The monoisotopic (exact) mass is 182 g/mol. The zero-order valence-electron chi connectivity index (χ0n) is 7.13. The van der Waals surface area contributed by atoms with Gasteiger partial charge in [0, 0.05) is 18.0 Å². The van der Waals surface area contributed by atoms with Gasteiger partial charge in [0.1, 0.15) is 5.69 Å². The largest absolute Gasteiger partial charge is 0.334 e. The lowest BCUT2D eigenvalue weighted by Crippen LogP contribution is -2.12. The normalized spacial score (nSPS) is 15.0. The molecule has 0 N–H and O–H groups in total. The first-order valence-corrected chi connectivity index (χ1v) is 4.73. The van der Waals surface area contributed by atoms with Crippen LogP contribution in [0.2, 0.25) is 0 Å². The van der Waals surface area contributed by atoms with Crippen molar-refractivity contribution >= 4 is 17.2 Å². The molecule has 0 unspecified atom stereocenters. The molecule has 2 heterocycles. The van der Waals surface area contributed by atoms with Crippen LogP contribution in [0.15, 0.2) is 0 Å². The van der Waals surface area contributed by atoms with E-state index >= 15 is 0 Å². The maximum absolute atomic E-state index is 11.5. The summed E-state index contributed by atoms with van der Waals surface area (Å²) in [5.41, 5.74) is 0.648. The summed E-state index contributed by atoms with van der Waals surface area (Å²) in [6.45, 7) is 5.67. The smallest absolute Gasteiger partial charge is 0.273 e. The third-order valence-electron chi connectivity index (χ3n) is 1.84. The van der Waals surface area contributed by atoms with E-state index in [0.29, 0.717) is 5.69 Å². The maximum atomic E-state index is 11.5. The third-order valence-corrected chi connectivity index (χ3v) is 2.73. The van der Waals surface area contributed by atoms with E-state index in [1.807, 2.05) is 13.8 Å². The van der Waals surface area contributed by atoms with Gasteiger partial charge in [-0.1, -0.05) is 0 Å². The third kappa shape index (κ3) is 1.22. The molecule has 0 aliphatic carbocycles. The topological polar surface area (TPSA) is 33.0 Å². The predicted molar refractivity (Wildman–Crippen MR) is 47.5 cm³/mol. The van der Waals surface area contributed by atoms with Gasteiger partial charge in [0.2, 0.25) is 0 Å². The quantitative estimate of drug-likeness (QED) is 0.612. The minimum absolute atomic E-state index is 0.0943. The van der Waals surface area contributed by atoms with E-state index in [1.54, 1.807) is 16.2 Å². The second-order valence-electron chi connectivity index (χ2n) is 2.93. The van der Waals surface area contributed by atoms with Crippen LogP contribution < -0.4 is 0 Å². The van der Waals surface area contributed by atoms with Crippen LogP contribution in [-0.4, -0.2) is 28.9 Å². The fourth-order valence-electron chi connectivity index (χ4n) is 1.13. The van der Waals surface area contributed by atoms with Crippen molar-refractivity contribution in [3.8, 4) is 0 Å². The van der Waals surface area contributed by atoms with Gasteiger partial charge in [0.15, 0.2) is 0 Å². The minimum Gasteiger partial charge on any atom is -0.334 e. The number of hydrogen-bond acceptors (Lipinski definition) is 3. The molecule has 0 spiro atoms. The van der Waals surface area contributed by atoms with Crippen molar-refractivity contribution in [3.05, 3.63) is 15.6 Å². The van der Waals surface area contributed by atoms with E-state index in [4.69, 9.17) is 0 Å². The maximum Gasteiger partial charge on any atom is 0.273 e. The second-order valence-corrected chi connectivity index (χ2v) is 4.34. The van der Waals surface area contributed by atoms with Gasteiger partial charge in [-0.3, -0.25) is 4.79 Å². The Labute approximate surface area is 75.0 Å². The van der Waals surface area contributed by atoms with Crippen LogP contribution in [0, 0.1) is 13.8 Å². The van der Waals surface area contributed by atoms with Crippen molar-refractivity contribution in [1.82, 2.24) is 9.88 Å². The summed E-state index contributed by atoms with van der Waals surface area (Å²) < 4.78 is 0. The highest BCUT2D eigenvalue weighted by molar-refractivity contribution is 7.11. The van der Waals surface area contributed by atoms with E-state index in [0.717, 1.165) is 23.0 Å². The molecule has 1 aromatic rings. The Balaban J connectivity index is 2.31. The van der Waals surface area contributed by atoms with Crippen LogP contribution in [-0.2, 0) is 0 Å². The van der Waals surface area contributed by atoms with Crippen LogP contribution in [0.5, 0.6) is 0 Å². The van der Waals surface area contributed by atoms with Gasteiger partial charge in [-0.15, -0.1) is 11.3 Å². The van der Waals surface area contributed by atoms with Crippen molar-refractivity contribution in [1.29, 1.82) is 0 Å². The molecular weight excluding hydrogens is 172 g/mol. The molecule has 1 saturated heterocycles. The van der Waals surface area contributed by atoms with Crippen molar-refractivity contribution in [2.24, 2.45) is 0 Å². The molecule has 1 aliphatic heterocycles. The number of carbonyl (C=O) groups is 1. The Hall–Kier alpha value is -0.900. The fraction of sp³-hybridized carbons (Fsp3) is 0.500. The first kappa shape index (κ1) is 7.73.